The fourth-order valence-corrected chi connectivity index (χ4v) is 2.67. The van der Waals surface area contributed by atoms with Crippen molar-refractivity contribution in [1.29, 1.82) is 0 Å². The summed E-state index contributed by atoms with van der Waals surface area (Å²) in [4.78, 5) is 12.6. The Balaban J connectivity index is 1.76. The minimum absolute atomic E-state index is 0.0561. The first kappa shape index (κ1) is 18.1. The highest BCUT2D eigenvalue weighted by Gasteiger charge is 2.35. The predicted molar refractivity (Wildman–Crippen MR) is 96.6 cm³/mol. The van der Waals surface area contributed by atoms with Crippen LogP contribution in [0.2, 0.25) is 0 Å². The molecule has 3 aromatic rings. The van der Waals surface area contributed by atoms with E-state index in [4.69, 9.17) is 0 Å². The van der Waals surface area contributed by atoms with Crippen molar-refractivity contribution in [2.75, 3.05) is 10.6 Å². The van der Waals surface area contributed by atoms with E-state index in [1.165, 1.54) is 6.07 Å². The summed E-state index contributed by atoms with van der Waals surface area (Å²) in [7, 11) is 0. The first-order valence-corrected chi connectivity index (χ1v) is 8.59. The Morgan fingerprint density at radius 3 is 2.43 bits per heavy atom. The molecule has 2 heterocycles. The molecular formula is C19H15F4N5. The molecule has 0 aliphatic heterocycles. The number of benzene rings is 1. The molecule has 2 aromatic heterocycles. The molecule has 4 rings (SSSR count). The lowest BCUT2D eigenvalue weighted by Crippen LogP contribution is -2.12. The van der Waals surface area contributed by atoms with Gasteiger partial charge in [0.05, 0.1) is 16.9 Å². The SMILES string of the molecule is Fc1cccc(C(F)(F)F)c1Nc1cc(-c2ccncc2)nc(NC2CC2)n1. The van der Waals surface area contributed by atoms with Crippen LogP contribution in [0.5, 0.6) is 0 Å². The molecule has 0 radical (unpaired) electrons. The molecule has 1 fully saturated rings. The molecule has 9 heteroatoms. The van der Waals surface area contributed by atoms with E-state index in [-0.39, 0.29) is 17.8 Å². The van der Waals surface area contributed by atoms with Crippen molar-refractivity contribution in [3.63, 3.8) is 0 Å². The number of alkyl halides is 3. The molecule has 1 aliphatic rings. The summed E-state index contributed by atoms with van der Waals surface area (Å²) in [5, 5.41) is 5.61. The third kappa shape index (κ3) is 4.03. The Kier molecular flexibility index (Phi) is 4.58. The number of para-hydroxylation sites is 1. The predicted octanol–water partition coefficient (Wildman–Crippen LogP) is 5.01. The second-order valence-electron chi connectivity index (χ2n) is 6.40. The van der Waals surface area contributed by atoms with Crippen LogP contribution in [-0.4, -0.2) is 21.0 Å². The zero-order chi connectivity index (χ0) is 19.7. The van der Waals surface area contributed by atoms with E-state index < -0.39 is 23.2 Å². The Hall–Kier alpha value is -3.23. The van der Waals surface area contributed by atoms with Gasteiger partial charge in [-0.25, -0.2) is 9.37 Å². The normalized spacial score (nSPS) is 14.0. The van der Waals surface area contributed by atoms with Gasteiger partial charge in [0.25, 0.3) is 0 Å². The van der Waals surface area contributed by atoms with Crippen molar-refractivity contribution >= 4 is 17.5 Å². The molecule has 144 valence electrons. The van der Waals surface area contributed by atoms with Crippen LogP contribution < -0.4 is 10.6 Å². The standard InChI is InChI=1S/C19H15F4N5/c20-14-3-1-2-13(19(21,22)23)17(14)27-16-10-15(11-6-8-24-9-7-11)26-18(28-16)25-12-4-5-12/h1-3,6-10,12H,4-5H2,(H2,25,26,27,28). The topological polar surface area (TPSA) is 62.7 Å². The lowest BCUT2D eigenvalue weighted by atomic mass is 10.1. The monoisotopic (exact) mass is 389 g/mol. The second kappa shape index (κ2) is 7.06. The van der Waals surface area contributed by atoms with Crippen molar-refractivity contribution in [2.45, 2.75) is 25.1 Å². The molecule has 0 saturated heterocycles. The molecule has 1 aromatic carbocycles. The Labute approximate surface area is 157 Å². The maximum atomic E-state index is 14.2. The van der Waals surface area contributed by atoms with Crippen LogP contribution in [0.3, 0.4) is 0 Å². The summed E-state index contributed by atoms with van der Waals surface area (Å²) >= 11 is 0. The molecule has 2 N–H and O–H groups in total. The summed E-state index contributed by atoms with van der Waals surface area (Å²) in [5.41, 5.74) is -0.586. The maximum Gasteiger partial charge on any atom is 0.418 e. The Morgan fingerprint density at radius 2 is 1.75 bits per heavy atom. The molecule has 0 spiro atoms. The van der Waals surface area contributed by atoms with Crippen LogP contribution in [0.1, 0.15) is 18.4 Å². The second-order valence-corrected chi connectivity index (χ2v) is 6.40. The molecule has 5 nitrogen and oxygen atoms in total. The summed E-state index contributed by atoms with van der Waals surface area (Å²) < 4.78 is 54.0. The van der Waals surface area contributed by atoms with Crippen molar-refractivity contribution in [3.8, 4) is 11.3 Å². The van der Waals surface area contributed by atoms with Gasteiger partial charge in [-0.05, 0) is 37.1 Å². The van der Waals surface area contributed by atoms with Gasteiger partial charge < -0.3 is 10.6 Å². The van der Waals surface area contributed by atoms with E-state index >= 15 is 0 Å². The third-order valence-electron chi connectivity index (χ3n) is 4.18. The first-order valence-electron chi connectivity index (χ1n) is 8.59. The molecule has 0 bridgehead atoms. The minimum Gasteiger partial charge on any atom is -0.351 e. The van der Waals surface area contributed by atoms with Crippen LogP contribution in [0.4, 0.5) is 35.0 Å². The van der Waals surface area contributed by atoms with Crippen LogP contribution in [0, 0.1) is 5.82 Å². The van der Waals surface area contributed by atoms with Crippen LogP contribution in [-0.2, 0) is 6.18 Å². The number of nitrogens with one attached hydrogen (secondary N) is 2. The number of hydrogen-bond donors (Lipinski definition) is 2. The van der Waals surface area contributed by atoms with Gasteiger partial charge in [0.1, 0.15) is 11.6 Å². The maximum absolute atomic E-state index is 14.2. The summed E-state index contributed by atoms with van der Waals surface area (Å²) in [5.74, 6) is -0.694. The fourth-order valence-electron chi connectivity index (χ4n) is 2.67. The number of hydrogen-bond acceptors (Lipinski definition) is 5. The van der Waals surface area contributed by atoms with Gasteiger partial charge in [0, 0.05) is 30.1 Å². The van der Waals surface area contributed by atoms with E-state index in [0.717, 1.165) is 31.0 Å². The minimum atomic E-state index is -4.71. The number of nitrogens with zero attached hydrogens (tertiary/aromatic N) is 3. The van der Waals surface area contributed by atoms with Crippen molar-refractivity contribution in [2.24, 2.45) is 0 Å². The fraction of sp³-hybridized carbons (Fsp3) is 0.211. The van der Waals surface area contributed by atoms with Gasteiger partial charge in [-0.3, -0.25) is 4.98 Å². The average molecular weight is 389 g/mol. The summed E-state index contributed by atoms with van der Waals surface area (Å²) in [6.45, 7) is 0. The summed E-state index contributed by atoms with van der Waals surface area (Å²) in [6.07, 6.45) is 0.392. The quantitative estimate of drug-likeness (QED) is 0.601. The molecule has 0 atom stereocenters. The molecule has 1 saturated carbocycles. The van der Waals surface area contributed by atoms with E-state index in [2.05, 4.69) is 25.6 Å². The van der Waals surface area contributed by atoms with Crippen molar-refractivity contribution < 1.29 is 17.6 Å². The van der Waals surface area contributed by atoms with Gasteiger partial charge in [-0.15, -0.1) is 0 Å². The van der Waals surface area contributed by atoms with Gasteiger partial charge in [-0.2, -0.15) is 18.2 Å². The van der Waals surface area contributed by atoms with Crippen molar-refractivity contribution in [3.05, 3.63) is 60.2 Å². The lowest BCUT2D eigenvalue weighted by Gasteiger charge is -2.16. The molecule has 1 aliphatic carbocycles. The number of rotatable bonds is 5. The van der Waals surface area contributed by atoms with Crippen LogP contribution in [0.25, 0.3) is 11.3 Å². The zero-order valence-corrected chi connectivity index (χ0v) is 14.5. The van der Waals surface area contributed by atoms with Crippen LogP contribution in [0.15, 0.2) is 48.8 Å². The number of anilines is 3. The average Bonchev–Trinajstić information content (AvgIpc) is 3.47. The van der Waals surface area contributed by atoms with Crippen molar-refractivity contribution in [1.82, 2.24) is 15.0 Å². The largest absolute Gasteiger partial charge is 0.418 e. The zero-order valence-electron chi connectivity index (χ0n) is 14.5. The Morgan fingerprint density at radius 1 is 1.00 bits per heavy atom. The molecular weight excluding hydrogens is 374 g/mol. The van der Waals surface area contributed by atoms with Gasteiger partial charge in [0.2, 0.25) is 5.95 Å². The molecule has 0 amide bonds. The third-order valence-corrected chi connectivity index (χ3v) is 4.18. The highest BCUT2D eigenvalue weighted by molar-refractivity contribution is 5.69. The van der Waals surface area contributed by atoms with E-state index in [1.54, 1.807) is 24.5 Å². The van der Waals surface area contributed by atoms with E-state index in [1.807, 2.05) is 0 Å². The van der Waals surface area contributed by atoms with E-state index in [9.17, 15) is 17.6 Å². The summed E-state index contributed by atoms with van der Waals surface area (Å²) in [6, 6.07) is 7.95. The highest BCUT2D eigenvalue weighted by Crippen LogP contribution is 2.37. The lowest BCUT2D eigenvalue weighted by molar-refractivity contribution is -0.137. The van der Waals surface area contributed by atoms with Gasteiger partial charge >= 0.3 is 6.18 Å². The number of aromatic nitrogens is 3. The highest BCUT2D eigenvalue weighted by atomic mass is 19.4. The smallest absolute Gasteiger partial charge is 0.351 e. The molecule has 0 unspecified atom stereocenters. The van der Waals surface area contributed by atoms with E-state index in [0.29, 0.717) is 11.3 Å². The number of halogens is 4. The first-order chi connectivity index (χ1) is 13.4. The van der Waals surface area contributed by atoms with Gasteiger partial charge in [0.15, 0.2) is 0 Å². The molecule has 28 heavy (non-hydrogen) atoms. The number of pyridine rings is 1. The Bertz CT molecular complexity index is 987. The van der Waals surface area contributed by atoms with Gasteiger partial charge in [-0.1, -0.05) is 6.07 Å². The van der Waals surface area contributed by atoms with Crippen LogP contribution >= 0.6 is 0 Å².